The van der Waals surface area contributed by atoms with Crippen LogP contribution >= 0.6 is 23.4 Å². The van der Waals surface area contributed by atoms with Gasteiger partial charge in [0.05, 0.1) is 10.7 Å². The van der Waals surface area contributed by atoms with Gasteiger partial charge < -0.3 is 10.2 Å². The molecule has 118 valence electrons. The van der Waals surface area contributed by atoms with Gasteiger partial charge in [-0.25, -0.2) is 0 Å². The second-order valence-corrected chi connectivity index (χ2v) is 8.52. The Kier molecular flexibility index (Phi) is 6.27. The first-order valence-corrected chi connectivity index (χ1v) is 9.26. The van der Waals surface area contributed by atoms with E-state index in [4.69, 9.17) is 11.6 Å². The number of benzene rings is 1. The van der Waals surface area contributed by atoms with Gasteiger partial charge in [0.25, 0.3) is 0 Å². The Morgan fingerprint density at radius 2 is 2.14 bits per heavy atom. The maximum Gasteiger partial charge on any atom is 0.0642 e. The molecule has 1 heterocycles. The molecule has 1 saturated heterocycles. The first kappa shape index (κ1) is 17.0. The van der Waals surface area contributed by atoms with Gasteiger partial charge in [-0.2, -0.15) is 11.8 Å². The second-order valence-electron chi connectivity index (χ2n) is 6.31. The second kappa shape index (κ2) is 7.75. The van der Waals surface area contributed by atoms with Crippen LogP contribution < -0.4 is 10.2 Å². The van der Waals surface area contributed by atoms with E-state index >= 15 is 0 Å². The summed E-state index contributed by atoms with van der Waals surface area (Å²) in [5.74, 6) is 1.17. The molecule has 0 amide bonds. The fraction of sp³-hybridized carbons (Fsp3) is 0.647. The van der Waals surface area contributed by atoms with Gasteiger partial charge in [-0.05, 0) is 37.1 Å². The normalized spacial score (nSPS) is 18.6. The summed E-state index contributed by atoms with van der Waals surface area (Å²) in [6, 6.07) is 6.50. The number of anilines is 1. The zero-order chi connectivity index (χ0) is 15.3. The van der Waals surface area contributed by atoms with Crippen LogP contribution in [0.2, 0.25) is 5.02 Å². The summed E-state index contributed by atoms with van der Waals surface area (Å²) in [6.07, 6.45) is 2.36. The lowest BCUT2D eigenvalue weighted by Gasteiger charge is -2.25. The van der Waals surface area contributed by atoms with Crippen molar-refractivity contribution in [2.75, 3.05) is 30.3 Å². The summed E-state index contributed by atoms with van der Waals surface area (Å²) >= 11 is 8.59. The highest BCUT2D eigenvalue weighted by molar-refractivity contribution is 8.00. The number of thioether (sulfide) groups is 1. The monoisotopic (exact) mass is 326 g/mol. The molecule has 0 atom stereocenters. The van der Waals surface area contributed by atoms with Crippen molar-refractivity contribution in [3.05, 3.63) is 28.8 Å². The summed E-state index contributed by atoms with van der Waals surface area (Å²) in [6.45, 7) is 11.0. The molecule has 1 N–H and O–H groups in total. The minimum absolute atomic E-state index is 0.380. The Morgan fingerprint density at radius 1 is 1.33 bits per heavy atom. The third-order valence-electron chi connectivity index (χ3n) is 3.95. The summed E-state index contributed by atoms with van der Waals surface area (Å²) in [4.78, 5) is 2.44. The Hall–Kier alpha value is -0.380. The van der Waals surface area contributed by atoms with E-state index < -0.39 is 0 Å². The Bertz CT molecular complexity index is 462. The van der Waals surface area contributed by atoms with E-state index in [2.05, 4.69) is 60.9 Å². The molecule has 2 nitrogen and oxygen atoms in total. The van der Waals surface area contributed by atoms with E-state index in [0.29, 0.717) is 4.75 Å². The SMILES string of the molecule is CCCNCc1ccc(N2CCSC(C)(C)CC2)c(Cl)c1. The highest BCUT2D eigenvalue weighted by Crippen LogP contribution is 2.34. The Balaban J connectivity index is 2.03. The smallest absolute Gasteiger partial charge is 0.0642 e. The van der Waals surface area contributed by atoms with Gasteiger partial charge in [-0.15, -0.1) is 0 Å². The molecule has 0 saturated carbocycles. The predicted octanol–water partition coefficient (Wildman–Crippen LogP) is 4.56. The van der Waals surface area contributed by atoms with Crippen molar-refractivity contribution in [3.63, 3.8) is 0 Å². The minimum atomic E-state index is 0.380. The van der Waals surface area contributed by atoms with Gasteiger partial charge in [0.15, 0.2) is 0 Å². The van der Waals surface area contributed by atoms with Crippen molar-refractivity contribution in [2.24, 2.45) is 0 Å². The molecular weight excluding hydrogens is 300 g/mol. The predicted molar refractivity (Wildman–Crippen MR) is 96.8 cm³/mol. The topological polar surface area (TPSA) is 15.3 Å². The van der Waals surface area contributed by atoms with E-state index in [9.17, 15) is 0 Å². The molecule has 0 bridgehead atoms. The van der Waals surface area contributed by atoms with E-state index in [1.807, 2.05) is 0 Å². The van der Waals surface area contributed by atoms with Gasteiger partial charge in [-0.1, -0.05) is 38.4 Å². The number of nitrogens with one attached hydrogen (secondary N) is 1. The fourth-order valence-electron chi connectivity index (χ4n) is 2.59. The zero-order valence-electron chi connectivity index (χ0n) is 13.4. The lowest BCUT2D eigenvalue weighted by Crippen LogP contribution is -2.27. The molecule has 0 aromatic heterocycles. The first-order chi connectivity index (χ1) is 10.0. The summed E-state index contributed by atoms with van der Waals surface area (Å²) in [7, 11) is 0. The molecular formula is C17H27ClN2S. The van der Waals surface area contributed by atoms with Gasteiger partial charge in [-0.3, -0.25) is 0 Å². The number of rotatable bonds is 5. The number of hydrogen-bond acceptors (Lipinski definition) is 3. The molecule has 0 spiro atoms. The molecule has 0 unspecified atom stereocenters. The molecule has 4 heteroatoms. The van der Waals surface area contributed by atoms with Crippen molar-refractivity contribution < 1.29 is 0 Å². The van der Waals surface area contributed by atoms with Crippen molar-refractivity contribution in [3.8, 4) is 0 Å². The molecule has 1 aliphatic heterocycles. The van der Waals surface area contributed by atoms with Gasteiger partial charge in [0.1, 0.15) is 0 Å². The lowest BCUT2D eigenvalue weighted by atomic mass is 10.1. The third-order valence-corrected chi connectivity index (χ3v) is 5.62. The van der Waals surface area contributed by atoms with Crippen LogP contribution in [0.25, 0.3) is 0 Å². The summed E-state index contributed by atoms with van der Waals surface area (Å²) < 4.78 is 0.380. The van der Waals surface area contributed by atoms with E-state index in [1.54, 1.807) is 0 Å². The maximum absolute atomic E-state index is 6.52. The van der Waals surface area contributed by atoms with Gasteiger partial charge in [0.2, 0.25) is 0 Å². The zero-order valence-corrected chi connectivity index (χ0v) is 15.0. The van der Waals surface area contributed by atoms with Crippen LogP contribution in [0, 0.1) is 0 Å². The van der Waals surface area contributed by atoms with Crippen molar-refractivity contribution in [2.45, 2.75) is 44.9 Å². The van der Waals surface area contributed by atoms with Crippen molar-refractivity contribution in [1.82, 2.24) is 5.32 Å². The summed E-state index contributed by atoms with van der Waals surface area (Å²) in [5.41, 5.74) is 2.45. The van der Waals surface area contributed by atoms with E-state index in [1.165, 1.54) is 23.4 Å². The summed E-state index contributed by atoms with van der Waals surface area (Å²) in [5, 5.41) is 4.31. The molecule has 2 rings (SSSR count). The molecule has 21 heavy (non-hydrogen) atoms. The molecule has 0 aliphatic carbocycles. The van der Waals surface area contributed by atoms with Crippen LogP contribution in [-0.4, -0.2) is 30.1 Å². The highest BCUT2D eigenvalue weighted by atomic mass is 35.5. The average Bonchev–Trinajstić information content (AvgIpc) is 2.60. The molecule has 1 aliphatic rings. The quantitative estimate of drug-likeness (QED) is 0.798. The van der Waals surface area contributed by atoms with E-state index in [0.717, 1.165) is 37.6 Å². The number of nitrogens with zero attached hydrogens (tertiary/aromatic N) is 1. The third kappa shape index (κ3) is 5.08. The minimum Gasteiger partial charge on any atom is -0.369 e. The van der Waals surface area contributed by atoms with Crippen LogP contribution in [0.5, 0.6) is 0 Å². The van der Waals surface area contributed by atoms with Crippen molar-refractivity contribution >= 4 is 29.1 Å². The van der Waals surface area contributed by atoms with Crippen LogP contribution in [0.15, 0.2) is 18.2 Å². The maximum atomic E-state index is 6.52. The largest absolute Gasteiger partial charge is 0.369 e. The van der Waals surface area contributed by atoms with Crippen LogP contribution in [0.3, 0.4) is 0 Å². The Morgan fingerprint density at radius 3 is 2.86 bits per heavy atom. The molecule has 1 aromatic rings. The van der Waals surface area contributed by atoms with Crippen molar-refractivity contribution in [1.29, 1.82) is 0 Å². The van der Waals surface area contributed by atoms with E-state index in [-0.39, 0.29) is 0 Å². The standard InChI is InChI=1S/C17H27ClN2S/c1-4-8-19-13-14-5-6-16(15(18)12-14)20-9-7-17(2,3)21-11-10-20/h5-6,12,19H,4,7-11,13H2,1-3H3. The van der Waals surface area contributed by atoms with Gasteiger partial charge >= 0.3 is 0 Å². The number of hydrogen-bond donors (Lipinski definition) is 1. The molecule has 1 fully saturated rings. The average molecular weight is 327 g/mol. The lowest BCUT2D eigenvalue weighted by molar-refractivity contribution is 0.637. The number of halogens is 1. The van der Waals surface area contributed by atoms with Crippen LogP contribution in [-0.2, 0) is 6.54 Å². The van der Waals surface area contributed by atoms with Crippen LogP contribution in [0.1, 0.15) is 39.2 Å². The molecule has 0 radical (unpaired) electrons. The first-order valence-electron chi connectivity index (χ1n) is 7.90. The van der Waals surface area contributed by atoms with Gasteiger partial charge in [0, 0.05) is 30.1 Å². The molecule has 1 aromatic carbocycles. The Labute approximate surface area is 138 Å². The fourth-order valence-corrected chi connectivity index (χ4v) is 4.01. The highest BCUT2D eigenvalue weighted by Gasteiger charge is 2.24. The van der Waals surface area contributed by atoms with Crippen LogP contribution in [0.4, 0.5) is 5.69 Å².